The van der Waals surface area contributed by atoms with Gasteiger partial charge in [0.2, 0.25) is 5.91 Å². The zero-order valence-corrected chi connectivity index (χ0v) is 11.5. The Morgan fingerprint density at radius 1 is 1.33 bits per heavy atom. The van der Waals surface area contributed by atoms with E-state index in [-0.39, 0.29) is 17.9 Å². The Morgan fingerprint density at radius 3 is 2.61 bits per heavy atom. The molecule has 1 amide bonds. The number of primary amides is 1. The van der Waals surface area contributed by atoms with Gasteiger partial charge in [0.05, 0.1) is 5.92 Å². The molecule has 2 fully saturated rings. The maximum absolute atomic E-state index is 11.7. The molecule has 104 valence electrons. The standard InChI is InChI=1S/C14H26N2O2/c1-9-7-10(2)16-12(13(9)14(15)17)8-11-3-5-18-6-4-11/h9-13,16H,3-8H2,1-2H3,(H2,15,17). The first-order valence-electron chi connectivity index (χ1n) is 7.21. The van der Waals surface area contributed by atoms with Crippen molar-refractivity contribution in [1.29, 1.82) is 0 Å². The number of carbonyl (C=O) groups is 1. The Morgan fingerprint density at radius 2 is 2.00 bits per heavy atom. The molecule has 2 aliphatic rings. The molecule has 0 bridgehead atoms. The molecule has 2 aliphatic heterocycles. The van der Waals surface area contributed by atoms with E-state index in [1.807, 2.05) is 0 Å². The van der Waals surface area contributed by atoms with Gasteiger partial charge in [0.15, 0.2) is 0 Å². The zero-order valence-electron chi connectivity index (χ0n) is 11.5. The normalized spacial score (nSPS) is 38.6. The minimum atomic E-state index is -0.140. The predicted octanol–water partition coefficient (Wildman–Crippen LogP) is 1.29. The Kier molecular flexibility index (Phi) is 4.62. The summed E-state index contributed by atoms with van der Waals surface area (Å²) in [5.74, 6) is 0.919. The maximum Gasteiger partial charge on any atom is 0.222 e. The molecule has 0 aliphatic carbocycles. The van der Waals surface area contributed by atoms with Gasteiger partial charge < -0.3 is 15.8 Å². The number of amides is 1. The van der Waals surface area contributed by atoms with E-state index in [4.69, 9.17) is 10.5 Å². The van der Waals surface area contributed by atoms with Crippen molar-refractivity contribution in [1.82, 2.24) is 5.32 Å². The molecular weight excluding hydrogens is 228 g/mol. The van der Waals surface area contributed by atoms with Crippen molar-refractivity contribution in [2.75, 3.05) is 13.2 Å². The number of nitrogens with two attached hydrogens (primary N) is 1. The largest absolute Gasteiger partial charge is 0.381 e. The third kappa shape index (κ3) is 3.23. The van der Waals surface area contributed by atoms with Crippen LogP contribution in [0.5, 0.6) is 0 Å². The van der Waals surface area contributed by atoms with Crippen LogP contribution in [0.25, 0.3) is 0 Å². The summed E-state index contributed by atoms with van der Waals surface area (Å²) in [5, 5.41) is 3.58. The molecule has 2 heterocycles. The van der Waals surface area contributed by atoms with Gasteiger partial charge in [-0.05, 0) is 44.4 Å². The highest BCUT2D eigenvalue weighted by molar-refractivity contribution is 5.77. The van der Waals surface area contributed by atoms with E-state index >= 15 is 0 Å². The van der Waals surface area contributed by atoms with Crippen molar-refractivity contribution >= 4 is 5.91 Å². The molecule has 2 rings (SSSR count). The molecule has 0 aromatic heterocycles. The van der Waals surface area contributed by atoms with E-state index in [2.05, 4.69) is 19.2 Å². The lowest BCUT2D eigenvalue weighted by atomic mass is 9.75. The predicted molar refractivity (Wildman–Crippen MR) is 71.0 cm³/mol. The average Bonchev–Trinajstić information content (AvgIpc) is 2.28. The monoisotopic (exact) mass is 254 g/mol. The second-order valence-electron chi connectivity index (χ2n) is 6.11. The highest BCUT2D eigenvalue weighted by Crippen LogP contribution is 2.31. The second kappa shape index (κ2) is 6.02. The maximum atomic E-state index is 11.7. The molecule has 0 radical (unpaired) electrons. The van der Waals surface area contributed by atoms with Gasteiger partial charge in [0.25, 0.3) is 0 Å². The van der Waals surface area contributed by atoms with Gasteiger partial charge >= 0.3 is 0 Å². The van der Waals surface area contributed by atoms with Crippen molar-refractivity contribution in [3.05, 3.63) is 0 Å². The molecule has 4 unspecified atom stereocenters. The lowest BCUT2D eigenvalue weighted by Crippen LogP contribution is -2.54. The summed E-state index contributed by atoms with van der Waals surface area (Å²) in [7, 11) is 0. The fourth-order valence-electron chi connectivity index (χ4n) is 3.67. The number of ether oxygens (including phenoxy) is 1. The van der Waals surface area contributed by atoms with Crippen LogP contribution in [-0.2, 0) is 9.53 Å². The van der Waals surface area contributed by atoms with Crippen molar-refractivity contribution < 1.29 is 9.53 Å². The molecule has 18 heavy (non-hydrogen) atoms. The first kappa shape index (κ1) is 13.8. The van der Waals surface area contributed by atoms with E-state index in [0.29, 0.717) is 17.9 Å². The average molecular weight is 254 g/mol. The Hall–Kier alpha value is -0.610. The zero-order chi connectivity index (χ0) is 13.1. The number of hydrogen-bond acceptors (Lipinski definition) is 3. The summed E-state index contributed by atoms with van der Waals surface area (Å²) in [6.45, 7) is 6.09. The number of rotatable bonds is 3. The van der Waals surface area contributed by atoms with Crippen molar-refractivity contribution in [2.24, 2.45) is 23.5 Å². The molecule has 0 aromatic rings. The van der Waals surface area contributed by atoms with Gasteiger partial charge in [-0.1, -0.05) is 6.92 Å². The third-order valence-corrected chi connectivity index (χ3v) is 4.53. The molecule has 4 nitrogen and oxygen atoms in total. The van der Waals surface area contributed by atoms with E-state index < -0.39 is 0 Å². The van der Waals surface area contributed by atoms with Gasteiger partial charge in [-0.3, -0.25) is 4.79 Å². The third-order valence-electron chi connectivity index (χ3n) is 4.53. The lowest BCUT2D eigenvalue weighted by molar-refractivity contribution is -0.125. The summed E-state index contributed by atoms with van der Waals surface area (Å²) < 4.78 is 5.39. The molecule has 4 heteroatoms. The van der Waals surface area contributed by atoms with Crippen LogP contribution in [-0.4, -0.2) is 31.2 Å². The summed E-state index contributed by atoms with van der Waals surface area (Å²) in [4.78, 5) is 11.7. The highest BCUT2D eigenvalue weighted by Gasteiger charge is 2.38. The van der Waals surface area contributed by atoms with Gasteiger partial charge in [-0.15, -0.1) is 0 Å². The van der Waals surface area contributed by atoms with E-state index in [1.54, 1.807) is 0 Å². The number of carbonyl (C=O) groups excluding carboxylic acids is 1. The molecule has 2 saturated heterocycles. The summed E-state index contributed by atoms with van der Waals surface area (Å²) in [6, 6.07) is 0.741. The van der Waals surface area contributed by atoms with E-state index in [0.717, 1.165) is 38.9 Å². The van der Waals surface area contributed by atoms with Crippen LogP contribution in [0.1, 0.15) is 39.5 Å². The first-order chi connectivity index (χ1) is 8.58. The summed E-state index contributed by atoms with van der Waals surface area (Å²) in [5.41, 5.74) is 5.59. The Balaban J connectivity index is 1.99. The van der Waals surface area contributed by atoms with Gasteiger partial charge in [0, 0.05) is 25.3 Å². The Labute approximate surface area is 110 Å². The molecule has 0 spiro atoms. The lowest BCUT2D eigenvalue weighted by Gasteiger charge is -2.41. The number of piperidine rings is 1. The van der Waals surface area contributed by atoms with Crippen LogP contribution < -0.4 is 11.1 Å². The molecule has 0 aromatic carbocycles. The minimum Gasteiger partial charge on any atom is -0.381 e. The fourth-order valence-corrected chi connectivity index (χ4v) is 3.67. The topological polar surface area (TPSA) is 64.4 Å². The van der Waals surface area contributed by atoms with Crippen molar-refractivity contribution in [3.8, 4) is 0 Å². The van der Waals surface area contributed by atoms with Crippen molar-refractivity contribution in [2.45, 2.75) is 51.6 Å². The second-order valence-corrected chi connectivity index (χ2v) is 6.11. The van der Waals surface area contributed by atoms with E-state index in [9.17, 15) is 4.79 Å². The van der Waals surface area contributed by atoms with Crippen LogP contribution in [0.3, 0.4) is 0 Å². The smallest absolute Gasteiger partial charge is 0.222 e. The van der Waals surface area contributed by atoms with Crippen molar-refractivity contribution in [3.63, 3.8) is 0 Å². The van der Waals surface area contributed by atoms with Crippen LogP contribution in [0.2, 0.25) is 0 Å². The van der Waals surface area contributed by atoms with Crippen LogP contribution >= 0.6 is 0 Å². The quantitative estimate of drug-likeness (QED) is 0.797. The molecule has 3 N–H and O–H groups in total. The van der Waals surface area contributed by atoms with Gasteiger partial charge in [0.1, 0.15) is 0 Å². The van der Waals surface area contributed by atoms with E-state index in [1.165, 1.54) is 0 Å². The number of nitrogens with one attached hydrogen (secondary N) is 1. The minimum absolute atomic E-state index is 0.0101. The van der Waals surface area contributed by atoms with Gasteiger partial charge in [-0.2, -0.15) is 0 Å². The summed E-state index contributed by atoms with van der Waals surface area (Å²) in [6.07, 6.45) is 4.34. The molecule has 0 saturated carbocycles. The number of hydrogen-bond donors (Lipinski definition) is 2. The molecular formula is C14H26N2O2. The SMILES string of the molecule is CC1CC(C)C(C(N)=O)C(CC2CCOCC2)N1. The highest BCUT2D eigenvalue weighted by atomic mass is 16.5. The van der Waals surface area contributed by atoms with Crippen LogP contribution in [0.4, 0.5) is 0 Å². The van der Waals surface area contributed by atoms with Crippen LogP contribution in [0.15, 0.2) is 0 Å². The van der Waals surface area contributed by atoms with Gasteiger partial charge in [-0.25, -0.2) is 0 Å². The molecule has 4 atom stereocenters. The summed E-state index contributed by atoms with van der Waals surface area (Å²) >= 11 is 0. The first-order valence-corrected chi connectivity index (χ1v) is 7.21. The fraction of sp³-hybridized carbons (Fsp3) is 0.929. The Bertz CT molecular complexity index is 290. The van der Waals surface area contributed by atoms with Crippen LogP contribution in [0, 0.1) is 17.8 Å².